The van der Waals surface area contributed by atoms with Gasteiger partial charge in [-0.2, -0.15) is 0 Å². The second-order valence-electron chi connectivity index (χ2n) is 4.90. The Morgan fingerprint density at radius 2 is 2.10 bits per heavy atom. The van der Waals surface area contributed by atoms with Crippen LogP contribution >= 0.6 is 0 Å². The summed E-state index contributed by atoms with van der Waals surface area (Å²) in [5.41, 5.74) is -1.01. The minimum atomic E-state index is -1.32. The number of nitrogens with zero attached hydrogens (tertiary/aromatic N) is 2. The van der Waals surface area contributed by atoms with Gasteiger partial charge in [0.15, 0.2) is 11.4 Å². The predicted molar refractivity (Wildman–Crippen MR) is 75.0 cm³/mol. The summed E-state index contributed by atoms with van der Waals surface area (Å²) in [5, 5.41) is 9.06. The summed E-state index contributed by atoms with van der Waals surface area (Å²) in [4.78, 5) is 37.3. The van der Waals surface area contributed by atoms with Crippen LogP contribution in [-0.2, 0) is 6.54 Å². The highest BCUT2D eigenvalue weighted by Gasteiger charge is 2.30. The smallest absolute Gasteiger partial charge is 0.341 e. The fourth-order valence-corrected chi connectivity index (χ4v) is 2.42. The molecule has 0 radical (unpaired) electrons. The Hall–Kier alpha value is -2.31. The SMILES string of the molecule is CCCCN1CCn2cc(C(=O)O)c(=O)c(OC)c2C1=O. The van der Waals surface area contributed by atoms with Crippen molar-refractivity contribution in [3.05, 3.63) is 27.7 Å². The molecule has 0 aliphatic carbocycles. The van der Waals surface area contributed by atoms with Gasteiger partial charge < -0.3 is 19.3 Å². The number of methoxy groups -OCH3 is 1. The summed E-state index contributed by atoms with van der Waals surface area (Å²) < 4.78 is 6.51. The zero-order valence-corrected chi connectivity index (χ0v) is 12.1. The Labute approximate surface area is 121 Å². The van der Waals surface area contributed by atoms with Crippen LogP contribution in [0.3, 0.4) is 0 Å². The van der Waals surface area contributed by atoms with Crippen molar-refractivity contribution in [2.24, 2.45) is 0 Å². The first kappa shape index (κ1) is 15.1. The standard InChI is InChI=1S/C14H18N2O5/c1-3-4-5-15-6-7-16-8-9(14(19)20)11(17)12(21-2)10(16)13(15)18/h8H,3-7H2,1-2H3,(H,19,20). The first-order valence-electron chi connectivity index (χ1n) is 6.85. The molecular weight excluding hydrogens is 276 g/mol. The van der Waals surface area contributed by atoms with Crippen molar-refractivity contribution in [3.63, 3.8) is 0 Å². The fraction of sp³-hybridized carbons (Fsp3) is 0.500. The highest BCUT2D eigenvalue weighted by atomic mass is 16.5. The van der Waals surface area contributed by atoms with Crippen molar-refractivity contribution in [1.82, 2.24) is 9.47 Å². The number of unbranched alkanes of at least 4 members (excludes halogenated alkanes) is 1. The van der Waals surface area contributed by atoms with Crippen LogP contribution in [0.1, 0.15) is 40.6 Å². The zero-order chi connectivity index (χ0) is 15.6. The molecule has 0 spiro atoms. The zero-order valence-electron chi connectivity index (χ0n) is 12.1. The highest BCUT2D eigenvalue weighted by Crippen LogP contribution is 2.21. The van der Waals surface area contributed by atoms with Crippen LogP contribution < -0.4 is 10.2 Å². The van der Waals surface area contributed by atoms with Crippen LogP contribution in [0.4, 0.5) is 0 Å². The van der Waals surface area contributed by atoms with E-state index in [1.807, 2.05) is 6.92 Å². The average molecular weight is 294 g/mol. The maximum absolute atomic E-state index is 12.5. The van der Waals surface area contributed by atoms with Gasteiger partial charge in [0.1, 0.15) is 5.56 Å². The molecule has 1 aromatic rings. The van der Waals surface area contributed by atoms with Crippen LogP contribution in [-0.4, -0.2) is 46.6 Å². The van der Waals surface area contributed by atoms with Gasteiger partial charge in [-0.05, 0) is 6.42 Å². The number of amides is 1. The third-order valence-electron chi connectivity index (χ3n) is 3.55. The molecule has 1 aromatic heterocycles. The lowest BCUT2D eigenvalue weighted by molar-refractivity contribution is 0.0669. The van der Waals surface area contributed by atoms with Gasteiger partial charge in [0.25, 0.3) is 5.91 Å². The summed E-state index contributed by atoms with van der Waals surface area (Å²) in [7, 11) is 1.27. The van der Waals surface area contributed by atoms with E-state index in [-0.39, 0.29) is 22.9 Å². The molecule has 2 heterocycles. The van der Waals surface area contributed by atoms with E-state index in [0.717, 1.165) is 12.8 Å². The Balaban J connectivity index is 2.52. The molecule has 1 N–H and O–H groups in total. The van der Waals surface area contributed by atoms with Gasteiger partial charge in [-0.15, -0.1) is 0 Å². The maximum atomic E-state index is 12.5. The quantitative estimate of drug-likeness (QED) is 0.868. The van der Waals surface area contributed by atoms with Crippen molar-refractivity contribution in [2.45, 2.75) is 26.3 Å². The molecule has 7 heteroatoms. The van der Waals surface area contributed by atoms with Gasteiger partial charge in [-0.1, -0.05) is 13.3 Å². The summed E-state index contributed by atoms with van der Waals surface area (Å²) in [6.07, 6.45) is 3.06. The molecule has 0 aromatic carbocycles. The number of aromatic carboxylic acids is 1. The van der Waals surface area contributed by atoms with E-state index < -0.39 is 11.4 Å². The predicted octanol–water partition coefficient (Wildman–Crippen LogP) is 0.811. The molecule has 7 nitrogen and oxygen atoms in total. The number of hydrogen-bond acceptors (Lipinski definition) is 4. The number of ether oxygens (including phenoxy) is 1. The van der Waals surface area contributed by atoms with Crippen molar-refractivity contribution in [2.75, 3.05) is 20.2 Å². The minimum absolute atomic E-state index is 0.134. The summed E-state index contributed by atoms with van der Waals surface area (Å²) in [6, 6.07) is 0. The van der Waals surface area contributed by atoms with E-state index in [9.17, 15) is 14.4 Å². The second kappa shape index (κ2) is 5.99. The monoisotopic (exact) mass is 294 g/mol. The van der Waals surface area contributed by atoms with Crippen molar-refractivity contribution < 1.29 is 19.4 Å². The Morgan fingerprint density at radius 3 is 2.67 bits per heavy atom. The summed E-state index contributed by atoms with van der Waals surface area (Å²) in [6.45, 7) is 3.60. The molecular formula is C14H18N2O5. The molecule has 1 aliphatic rings. The number of carboxylic acids is 1. The van der Waals surface area contributed by atoms with Gasteiger partial charge in [0, 0.05) is 25.8 Å². The van der Waals surface area contributed by atoms with Crippen LogP contribution in [0.5, 0.6) is 5.75 Å². The molecule has 0 atom stereocenters. The molecule has 0 bridgehead atoms. The number of carboxylic acid groups (broad SMARTS) is 1. The number of aromatic nitrogens is 1. The van der Waals surface area contributed by atoms with Gasteiger partial charge in [-0.25, -0.2) is 4.79 Å². The number of hydrogen-bond donors (Lipinski definition) is 1. The number of rotatable bonds is 5. The lowest BCUT2D eigenvalue weighted by atomic mass is 10.1. The highest BCUT2D eigenvalue weighted by molar-refractivity contribution is 5.97. The lowest BCUT2D eigenvalue weighted by Gasteiger charge is -2.30. The van der Waals surface area contributed by atoms with Crippen molar-refractivity contribution in [3.8, 4) is 5.75 Å². The van der Waals surface area contributed by atoms with Crippen LogP contribution in [0.15, 0.2) is 11.0 Å². The summed E-state index contributed by atoms with van der Waals surface area (Å²) >= 11 is 0. The Kier molecular flexibility index (Phi) is 4.30. The maximum Gasteiger partial charge on any atom is 0.341 e. The number of pyridine rings is 1. The first-order chi connectivity index (χ1) is 10.0. The molecule has 21 heavy (non-hydrogen) atoms. The van der Waals surface area contributed by atoms with Crippen LogP contribution in [0, 0.1) is 0 Å². The number of carbonyl (C=O) groups is 2. The number of fused-ring (bicyclic) bond motifs is 1. The van der Waals surface area contributed by atoms with Crippen molar-refractivity contribution >= 4 is 11.9 Å². The van der Waals surface area contributed by atoms with E-state index in [1.54, 1.807) is 4.90 Å². The lowest BCUT2D eigenvalue weighted by Crippen LogP contribution is -2.43. The topological polar surface area (TPSA) is 88.8 Å². The van der Waals surface area contributed by atoms with E-state index >= 15 is 0 Å². The normalized spacial score (nSPS) is 14.0. The van der Waals surface area contributed by atoms with Gasteiger partial charge >= 0.3 is 5.97 Å². The molecule has 0 saturated heterocycles. The molecule has 2 rings (SSSR count). The third kappa shape index (κ3) is 2.63. The van der Waals surface area contributed by atoms with Crippen molar-refractivity contribution in [1.29, 1.82) is 0 Å². The van der Waals surface area contributed by atoms with Crippen LogP contribution in [0.25, 0.3) is 0 Å². The molecule has 114 valence electrons. The molecule has 0 fully saturated rings. The molecule has 1 aliphatic heterocycles. The first-order valence-corrected chi connectivity index (χ1v) is 6.85. The largest absolute Gasteiger partial charge is 0.491 e. The molecule has 1 amide bonds. The average Bonchev–Trinajstić information content (AvgIpc) is 2.46. The Morgan fingerprint density at radius 1 is 1.38 bits per heavy atom. The molecule has 0 saturated carbocycles. The van der Waals surface area contributed by atoms with Gasteiger partial charge in [0.05, 0.1) is 7.11 Å². The van der Waals surface area contributed by atoms with E-state index in [0.29, 0.717) is 19.6 Å². The number of carbonyl (C=O) groups excluding carboxylic acids is 1. The fourth-order valence-electron chi connectivity index (χ4n) is 2.42. The van der Waals surface area contributed by atoms with E-state index in [2.05, 4.69) is 0 Å². The van der Waals surface area contributed by atoms with E-state index in [1.165, 1.54) is 17.9 Å². The summed E-state index contributed by atoms with van der Waals surface area (Å²) in [5.74, 6) is -1.81. The third-order valence-corrected chi connectivity index (χ3v) is 3.55. The van der Waals surface area contributed by atoms with Gasteiger partial charge in [0.2, 0.25) is 5.43 Å². The minimum Gasteiger partial charge on any atom is -0.491 e. The molecule has 0 unspecified atom stereocenters. The van der Waals surface area contributed by atoms with E-state index in [4.69, 9.17) is 9.84 Å². The Bertz CT molecular complexity index is 635. The van der Waals surface area contributed by atoms with Crippen LogP contribution in [0.2, 0.25) is 0 Å². The second-order valence-corrected chi connectivity index (χ2v) is 4.90. The van der Waals surface area contributed by atoms with Gasteiger partial charge in [-0.3, -0.25) is 9.59 Å².